The first kappa shape index (κ1) is 14.1. The van der Waals surface area contributed by atoms with E-state index in [-0.39, 0.29) is 0 Å². The van der Waals surface area contributed by atoms with Gasteiger partial charge in [0.2, 0.25) is 5.88 Å². The van der Waals surface area contributed by atoms with E-state index in [9.17, 15) is 5.26 Å². The molecule has 1 aliphatic carbocycles. The fraction of sp³-hybridized carbons (Fsp3) is 0.294. The van der Waals surface area contributed by atoms with Gasteiger partial charge in [0.05, 0.1) is 4.47 Å². The second kappa shape index (κ2) is 5.87. The van der Waals surface area contributed by atoms with Crippen molar-refractivity contribution in [3.05, 3.63) is 51.1 Å². The number of aryl methyl sites for hydroxylation is 3. The molecule has 106 valence electrons. The summed E-state index contributed by atoms with van der Waals surface area (Å²) in [7, 11) is 0. The number of fused-ring (bicyclic) bond motifs is 1. The van der Waals surface area contributed by atoms with Crippen LogP contribution in [-0.4, -0.2) is 4.98 Å². The van der Waals surface area contributed by atoms with Gasteiger partial charge < -0.3 is 4.74 Å². The van der Waals surface area contributed by atoms with Gasteiger partial charge in [0, 0.05) is 5.69 Å². The number of hydrogen-bond acceptors (Lipinski definition) is 3. The maximum absolute atomic E-state index is 9.33. The van der Waals surface area contributed by atoms with Crippen molar-refractivity contribution in [2.24, 2.45) is 0 Å². The fourth-order valence-electron chi connectivity index (χ4n) is 2.57. The summed E-state index contributed by atoms with van der Waals surface area (Å²) in [6.07, 6.45) is 4.29. The zero-order valence-electron chi connectivity index (χ0n) is 11.8. The number of rotatable bonds is 2. The Balaban J connectivity index is 1.99. The summed E-state index contributed by atoms with van der Waals surface area (Å²) in [5, 5.41) is 9.33. The predicted molar refractivity (Wildman–Crippen MR) is 84.5 cm³/mol. The van der Waals surface area contributed by atoms with Crippen molar-refractivity contribution in [3.8, 4) is 17.7 Å². The molecule has 3 nitrogen and oxygen atoms in total. The minimum atomic E-state index is 0.405. The molecule has 1 heterocycles. The minimum Gasteiger partial charge on any atom is -0.436 e. The van der Waals surface area contributed by atoms with Gasteiger partial charge in [0.25, 0.3) is 0 Å². The molecule has 0 spiro atoms. The number of aromatic nitrogens is 1. The van der Waals surface area contributed by atoms with Crippen LogP contribution in [0, 0.1) is 18.3 Å². The molecule has 1 aromatic heterocycles. The monoisotopic (exact) mass is 342 g/mol. The lowest BCUT2D eigenvalue weighted by molar-refractivity contribution is 0.453. The molecule has 3 rings (SSSR count). The summed E-state index contributed by atoms with van der Waals surface area (Å²) in [5.74, 6) is 1.09. The van der Waals surface area contributed by atoms with E-state index in [1.54, 1.807) is 0 Å². The van der Waals surface area contributed by atoms with E-state index in [4.69, 9.17) is 4.74 Å². The van der Waals surface area contributed by atoms with E-state index >= 15 is 0 Å². The molecular weight excluding hydrogens is 328 g/mol. The first-order chi connectivity index (χ1) is 10.2. The normalized spacial score (nSPS) is 13.4. The van der Waals surface area contributed by atoms with Crippen LogP contribution in [0.3, 0.4) is 0 Å². The second-order valence-corrected chi connectivity index (χ2v) is 6.16. The third-order valence-electron chi connectivity index (χ3n) is 3.68. The molecule has 0 aliphatic heterocycles. The maximum Gasteiger partial charge on any atom is 0.237 e. The predicted octanol–water partition coefficient (Wildman–Crippen LogP) is 4.70. The summed E-state index contributed by atoms with van der Waals surface area (Å²) in [6.45, 7) is 2.02. The summed E-state index contributed by atoms with van der Waals surface area (Å²) in [4.78, 5) is 4.58. The van der Waals surface area contributed by atoms with Crippen molar-refractivity contribution >= 4 is 15.9 Å². The van der Waals surface area contributed by atoms with Crippen LogP contribution < -0.4 is 4.74 Å². The molecule has 21 heavy (non-hydrogen) atoms. The standard InChI is InChI=1S/C17H15BrN2O/c1-11-6-7-16(14(18)8-11)21-17-13(10-19)9-12-4-2-3-5-15(12)20-17/h6-9H,2-5H2,1H3. The van der Waals surface area contributed by atoms with E-state index in [1.165, 1.54) is 12.0 Å². The molecule has 0 saturated carbocycles. The number of nitriles is 1. The Kier molecular flexibility index (Phi) is 3.94. The Bertz CT molecular complexity index is 734. The van der Waals surface area contributed by atoms with Crippen LogP contribution in [-0.2, 0) is 12.8 Å². The molecule has 1 aromatic carbocycles. The summed E-state index contributed by atoms with van der Waals surface area (Å²) >= 11 is 3.49. The number of hydrogen-bond donors (Lipinski definition) is 0. The van der Waals surface area contributed by atoms with Gasteiger partial charge in [-0.05, 0) is 77.9 Å². The van der Waals surface area contributed by atoms with E-state index in [0.717, 1.165) is 35.0 Å². The smallest absolute Gasteiger partial charge is 0.237 e. The van der Waals surface area contributed by atoms with E-state index in [1.807, 2.05) is 31.2 Å². The first-order valence-corrected chi connectivity index (χ1v) is 7.83. The number of ether oxygens (including phenoxy) is 1. The SMILES string of the molecule is Cc1ccc(Oc2nc3c(cc2C#N)CCCC3)c(Br)c1. The van der Waals surface area contributed by atoms with Gasteiger partial charge in [-0.25, -0.2) is 4.98 Å². The number of nitrogens with zero attached hydrogens (tertiary/aromatic N) is 2. The van der Waals surface area contributed by atoms with Crippen molar-refractivity contribution in [1.82, 2.24) is 4.98 Å². The van der Waals surface area contributed by atoms with Crippen LogP contribution >= 0.6 is 15.9 Å². The van der Waals surface area contributed by atoms with Gasteiger partial charge in [-0.15, -0.1) is 0 Å². The Morgan fingerprint density at radius 1 is 1.24 bits per heavy atom. The highest BCUT2D eigenvalue weighted by molar-refractivity contribution is 9.10. The lowest BCUT2D eigenvalue weighted by Crippen LogP contribution is -2.07. The lowest BCUT2D eigenvalue weighted by Gasteiger charge is -2.17. The molecule has 1 aliphatic rings. The molecule has 0 radical (unpaired) electrons. The van der Waals surface area contributed by atoms with Crippen molar-refractivity contribution in [2.75, 3.05) is 0 Å². The molecule has 4 heteroatoms. The largest absolute Gasteiger partial charge is 0.436 e. The second-order valence-electron chi connectivity index (χ2n) is 5.30. The maximum atomic E-state index is 9.33. The van der Waals surface area contributed by atoms with Crippen molar-refractivity contribution in [3.63, 3.8) is 0 Å². The first-order valence-electron chi connectivity index (χ1n) is 7.04. The Morgan fingerprint density at radius 3 is 2.81 bits per heavy atom. The van der Waals surface area contributed by atoms with Gasteiger partial charge in [-0.3, -0.25) is 0 Å². The molecule has 0 unspecified atom stereocenters. The average molecular weight is 343 g/mol. The molecule has 0 amide bonds. The molecule has 2 aromatic rings. The van der Waals surface area contributed by atoms with Gasteiger partial charge >= 0.3 is 0 Å². The molecule has 0 bridgehead atoms. The van der Waals surface area contributed by atoms with Crippen LogP contribution in [0.5, 0.6) is 11.6 Å². The van der Waals surface area contributed by atoms with Gasteiger partial charge in [0.1, 0.15) is 17.4 Å². The molecule has 0 N–H and O–H groups in total. The third-order valence-corrected chi connectivity index (χ3v) is 4.30. The third kappa shape index (κ3) is 2.93. The summed E-state index contributed by atoms with van der Waals surface area (Å²) in [6, 6.07) is 9.98. The highest BCUT2D eigenvalue weighted by Crippen LogP contribution is 2.33. The van der Waals surface area contributed by atoms with Crippen molar-refractivity contribution < 1.29 is 4.74 Å². The zero-order chi connectivity index (χ0) is 14.8. The van der Waals surface area contributed by atoms with E-state index in [0.29, 0.717) is 17.2 Å². The van der Waals surface area contributed by atoms with E-state index in [2.05, 4.69) is 27.0 Å². The molecule has 0 fully saturated rings. The zero-order valence-corrected chi connectivity index (χ0v) is 13.4. The van der Waals surface area contributed by atoms with Crippen molar-refractivity contribution in [2.45, 2.75) is 32.6 Å². The van der Waals surface area contributed by atoms with Crippen LogP contribution in [0.2, 0.25) is 0 Å². The summed E-state index contributed by atoms with van der Waals surface area (Å²) < 4.78 is 6.74. The summed E-state index contributed by atoms with van der Waals surface area (Å²) in [5.41, 5.74) is 3.91. The Morgan fingerprint density at radius 2 is 2.05 bits per heavy atom. The quantitative estimate of drug-likeness (QED) is 0.794. The van der Waals surface area contributed by atoms with E-state index < -0.39 is 0 Å². The van der Waals surface area contributed by atoms with Crippen LogP contribution in [0.25, 0.3) is 0 Å². The Labute approximate surface area is 132 Å². The Hall–Kier alpha value is -1.86. The lowest BCUT2D eigenvalue weighted by atomic mass is 9.95. The number of benzene rings is 1. The van der Waals surface area contributed by atoms with Gasteiger partial charge in [-0.1, -0.05) is 6.07 Å². The number of halogens is 1. The highest BCUT2D eigenvalue weighted by Gasteiger charge is 2.17. The van der Waals surface area contributed by atoms with Crippen LogP contribution in [0.1, 0.15) is 35.2 Å². The van der Waals surface area contributed by atoms with Crippen molar-refractivity contribution in [1.29, 1.82) is 5.26 Å². The van der Waals surface area contributed by atoms with Crippen LogP contribution in [0.4, 0.5) is 0 Å². The van der Waals surface area contributed by atoms with Gasteiger partial charge in [-0.2, -0.15) is 5.26 Å². The highest BCUT2D eigenvalue weighted by atomic mass is 79.9. The molecule has 0 saturated heterocycles. The van der Waals surface area contributed by atoms with Gasteiger partial charge in [0.15, 0.2) is 0 Å². The number of pyridine rings is 1. The molecule has 0 atom stereocenters. The average Bonchev–Trinajstić information content (AvgIpc) is 2.49. The minimum absolute atomic E-state index is 0.405. The fourth-order valence-corrected chi connectivity index (χ4v) is 3.14. The molecular formula is C17H15BrN2O. The van der Waals surface area contributed by atoms with Crippen LogP contribution in [0.15, 0.2) is 28.7 Å². The topological polar surface area (TPSA) is 45.9 Å².